The van der Waals surface area contributed by atoms with E-state index in [0.717, 1.165) is 6.54 Å². The fraction of sp³-hybridized carbons (Fsp3) is 0.600. The quantitative estimate of drug-likeness (QED) is 0.802. The highest BCUT2D eigenvalue weighted by Gasteiger charge is 2.04. The van der Waals surface area contributed by atoms with Crippen LogP contribution in [0.15, 0.2) is 16.8 Å². The lowest BCUT2D eigenvalue weighted by molar-refractivity contribution is 0.516. The molecule has 2 atom stereocenters. The van der Waals surface area contributed by atoms with Crippen LogP contribution in [-0.2, 0) is 6.54 Å². The predicted octanol–water partition coefficient (Wildman–Crippen LogP) is 3.40. The molecule has 0 aromatic carbocycles. The zero-order valence-electron chi connectivity index (χ0n) is 8.09. The second kappa shape index (κ2) is 5.78. The molecule has 0 radical (unpaired) electrons. The Morgan fingerprint density at radius 3 is 2.85 bits per heavy atom. The monoisotopic (exact) mass is 261 g/mol. The average Bonchev–Trinajstić information content (AvgIpc) is 2.51. The van der Waals surface area contributed by atoms with E-state index in [1.807, 2.05) is 0 Å². The third-order valence-electron chi connectivity index (χ3n) is 1.91. The molecule has 1 aromatic heterocycles. The molecular formula is C10H16BrNS. The summed E-state index contributed by atoms with van der Waals surface area (Å²) in [4.78, 5) is 0.595. The molecule has 0 fully saturated rings. The standard InChI is InChI=1S/C10H16BrNS/c1-8(11)5-9(2)12-6-10-3-4-13-7-10/h3-4,7-9,12H,5-6H2,1-2H3. The van der Waals surface area contributed by atoms with Crippen LogP contribution in [0, 0.1) is 0 Å². The van der Waals surface area contributed by atoms with Gasteiger partial charge in [0.05, 0.1) is 0 Å². The number of hydrogen-bond donors (Lipinski definition) is 1. The van der Waals surface area contributed by atoms with Gasteiger partial charge in [-0.3, -0.25) is 0 Å². The van der Waals surface area contributed by atoms with Crippen molar-refractivity contribution in [2.45, 2.75) is 37.7 Å². The van der Waals surface area contributed by atoms with Crippen molar-refractivity contribution in [3.05, 3.63) is 22.4 Å². The van der Waals surface area contributed by atoms with Crippen LogP contribution in [0.5, 0.6) is 0 Å². The summed E-state index contributed by atoms with van der Waals surface area (Å²) in [6, 6.07) is 2.75. The van der Waals surface area contributed by atoms with E-state index in [4.69, 9.17) is 0 Å². The van der Waals surface area contributed by atoms with Gasteiger partial charge in [0.2, 0.25) is 0 Å². The number of thiophene rings is 1. The van der Waals surface area contributed by atoms with Gasteiger partial charge in [0.25, 0.3) is 0 Å². The first-order valence-corrected chi connectivity index (χ1v) is 6.43. The highest BCUT2D eigenvalue weighted by Crippen LogP contribution is 2.09. The van der Waals surface area contributed by atoms with Crippen molar-refractivity contribution in [3.63, 3.8) is 0 Å². The summed E-state index contributed by atoms with van der Waals surface area (Å²) < 4.78 is 0. The maximum Gasteiger partial charge on any atom is 0.0216 e. The van der Waals surface area contributed by atoms with E-state index in [1.165, 1.54) is 12.0 Å². The van der Waals surface area contributed by atoms with Crippen LogP contribution in [0.4, 0.5) is 0 Å². The summed E-state index contributed by atoms with van der Waals surface area (Å²) in [5.41, 5.74) is 1.39. The summed E-state index contributed by atoms with van der Waals surface area (Å²) in [5, 5.41) is 7.80. The zero-order chi connectivity index (χ0) is 9.68. The Morgan fingerprint density at radius 2 is 2.31 bits per heavy atom. The average molecular weight is 262 g/mol. The molecule has 1 rings (SSSR count). The van der Waals surface area contributed by atoms with Gasteiger partial charge in [0.15, 0.2) is 0 Å². The van der Waals surface area contributed by atoms with E-state index in [-0.39, 0.29) is 0 Å². The minimum absolute atomic E-state index is 0.578. The maximum absolute atomic E-state index is 3.56. The molecule has 74 valence electrons. The van der Waals surface area contributed by atoms with Gasteiger partial charge < -0.3 is 5.32 Å². The normalized spacial score (nSPS) is 15.6. The van der Waals surface area contributed by atoms with Crippen LogP contribution in [0.1, 0.15) is 25.8 Å². The van der Waals surface area contributed by atoms with E-state index < -0.39 is 0 Å². The third kappa shape index (κ3) is 4.79. The summed E-state index contributed by atoms with van der Waals surface area (Å²) in [7, 11) is 0. The van der Waals surface area contributed by atoms with Crippen LogP contribution >= 0.6 is 27.3 Å². The largest absolute Gasteiger partial charge is 0.310 e. The molecule has 0 aliphatic heterocycles. The first kappa shape index (κ1) is 11.2. The third-order valence-corrected chi connectivity index (χ3v) is 3.02. The topological polar surface area (TPSA) is 12.0 Å². The van der Waals surface area contributed by atoms with E-state index >= 15 is 0 Å². The fourth-order valence-corrected chi connectivity index (χ4v) is 2.49. The molecule has 0 aliphatic rings. The molecule has 0 saturated carbocycles. The molecule has 0 spiro atoms. The molecular weight excluding hydrogens is 246 g/mol. The molecule has 0 bridgehead atoms. The van der Waals surface area contributed by atoms with Gasteiger partial charge in [-0.15, -0.1) is 0 Å². The lowest BCUT2D eigenvalue weighted by Gasteiger charge is -2.14. The number of alkyl halides is 1. The Morgan fingerprint density at radius 1 is 1.54 bits per heavy atom. The fourth-order valence-electron chi connectivity index (χ4n) is 1.26. The van der Waals surface area contributed by atoms with Gasteiger partial charge in [-0.1, -0.05) is 22.9 Å². The Bertz CT molecular complexity index is 221. The van der Waals surface area contributed by atoms with Gasteiger partial charge in [-0.2, -0.15) is 11.3 Å². The van der Waals surface area contributed by atoms with Gasteiger partial charge in [0.1, 0.15) is 0 Å². The molecule has 2 unspecified atom stereocenters. The lowest BCUT2D eigenvalue weighted by Crippen LogP contribution is -2.27. The van der Waals surface area contributed by atoms with Crippen molar-refractivity contribution >= 4 is 27.3 Å². The number of rotatable bonds is 5. The van der Waals surface area contributed by atoms with Crippen molar-refractivity contribution in [2.75, 3.05) is 0 Å². The molecule has 1 nitrogen and oxygen atoms in total. The molecule has 13 heavy (non-hydrogen) atoms. The number of hydrogen-bond acceptors (Lipinski definition) is 2. The SMILES string of the molecule is CC(Br)CC(C)NCc1ccsc1. The van der Waals surface area contributed by atoms with Crippen LogP contribution in [0.2, 0.25) is 0 Å². The van der Waals surface area contributed by atoms with E-state index in [1.54, 1.807) is 11.3 Å². The van der Waals surface area contributed by atoms with Gasteiger partial charge in [-0.05, 0) is 35.7 Å². The summed E-state index contributed by atoms with van der Waals surface area (Å²) in [6.45, 7) is 5.40. The number of nitrogens with one attached hydrogen (secondary N) is 1. The van der Waals surface area contributed by atoms with Crippen molar-refractivity contribution in [1.82, 2.24) is 5.32 Å². The molecule has 0 amide bonds. The van der Waals surface area contributed by atoms with E-state index in [0.29, 0.717) is 10.9 Å². The van der Waals surface area contributed by atoms with Crippen molar-refractivity contribution in [1.29, 1.82) is 0 Å². The van der Waals surface area contributed by atoms with Crippen molar-refractivity contribution < 1.29 is 0 Å². The molecule has 0 saturated heterocycles. The summed E-state index contributed by atoms with van der Waals surface area (Å²) in [6.07, 6.45) is 1.17. The Labute approximate surface area is 92.7 Å². The van der Waals surface area contributed by atoms with Gasteiger partial charge in [-0.25, -0.2) is 0 Å². The van der Waals surface area contributed by atoms with Gasteiger partial charge in [0, 0.05) is 17.4 Å². The van der Waals surface area contributed by atoms with Gasteiger partial charge >= 0.3 is 0 Å². The lowest BCUT2D eigenvalue weighted by atomic mass is 10.2. The smallest absolute Gasteiger partial charge is 0.0216 e. The second-order valence-electron chi connectivity index (χ2n) is 3.43. The molecule has 1 N–H and O–H groups in total. The highest BCUT2D eigenvalue weighted by molar-refractivity contribution is 9.09. The Kier molecular flexibility index (Phi) is 4.99. The molecule has 3 heteroatoms. The van der Waals surface area contributed by atoms with E-state index in [9.17, 15) is 0 Å². The molecule has 0 aliphatic carbocycles. The number of halogens is 1. The first-order valence-electron chi connectivity index (χ1n) is 4.57. The zero-order valence-corrected chi connectivity index (χ0v) is 10.5. The second-order valence-corrected chi connectivity index (χ2v) is 5.77. The van der Waals surface area contributed by atoms with Crippen LogP contribution in [0.25, 0.3) is 0 Å². The van der Waals surface area contributed by atoms with E-state index in [2.05, 4.69) is 51.9 Å². The highest BCUT2D eigenvalue weighted by atomic mass is 79.9. The summed E-state index contributed by atoms with van der Waals surface area (Å²) in [5.74, 6) is 0. The molecule has 1 aromatic rings. The van der Waals surface area contributed by atoms with Crippen molar-refractivity contribution in [3.8, 4) is 0 Å². The first-order chi connectivity index (χ1) is 6.18. The van der Waals surface area contributed by atoms with Crippen LogP contribution in [-0.4, -0.2) is 10.9 Å². The van der Waals surface area contributed by atoms with Crippen LogP contribution < -0.4 is 5.32 Å². The Balaban J connectivity index is 2.19. The predicted molar refractivity (Wildman–Crippen MR) is 63.6 cm³/mol. The minimum Gasteiger partial charge on any atom is -0.310 e. The minimum atomic E-state index is 0.578. The van der Waals surface area contributed by atoms with Crippen molar-refractivity contribution in [2.24, 2.45) is 0 Å². The van der Waals surface area contributed by atoms with Crippen LogP contribution in [0.3, 0.4) is 0 Å². The molecule has 1 heterocycles. The Hall–Kier alpha value is 0.140. The maximum atomic E-state index is 3.56. The summed E-state index contributed by atoms with van der Waals surface area (Å²) >= 11 is 5.31.